The summed E-state index contributed by atoms with van der Waals surface area (Å²) in [7, 11) is -4.65. The molecule has 0 saturated carbocycles. The molecule has 58 valence electrons. The fraction of sp³-hybridized carbons (Fsp3) is 0.667. The van der Waals surface area contributed by atoms with Crippen LogP contribution in [-0.4, -0.2) is 15.5 Å². The molecular weight excluding hydrogens is 159 g/mol. The van der Waals surface area contributed by atoms with Crippen LogP contribution in [0.4, 0.5) is 0 Å². The highest BCUT2D eigenvalue weighted by Gasteiger charge is 2.29. The van der Waals surface area contributed by atoms with Crippen LogP contribution in [-0.2, 0) is 9.09 Å². The van der Waals surface area contributed by atoms with Crippen molar-refractivity contribution < 1.29 is 18.9 Å². The third kappa shape index (κ3) is 4.44. The number of phosphoric acid groups is 1. The lowest BCUT2D eigenvalue weighted by Gasteiger charge is -2.15. The quantitative estimate of drug-likeness (QED) is 0.368. The summed E-state index contributed by atoms with van der Waals surface area (Å²) in [4.78, 5) is 16.3. The summed E-state index contributed by atoms with van der Waals surface area (Å²) in [5.74, 6) is 0. The molecule has 4 N–H and O–H groups in total. The topological polar surface area (TPSA) is 117 Å². The van der Waals surface area contributed by atoms with Crippen molar-refractivity contribution in [1.29, 1.82) is 5.26 Å². The second-order valence-electron chi connectivity index (χ2n) is 1.80. The fourth-order valence-electron chi connectivity index (χ4n) is 0.267. The first-order valence-electron chi connectivity index (χ1n) is 2.23. The number of nitrogens with zero attached hydrogens (tertiary/aromatic N) is 1. The number of hydrogen-bond donors (Lipinski definition) is 3. The van der Waals surface area contributed by atoms with Crippen molar-refractivity contribution in [1.82, 2.24) is 0 Å². The first kappa shape index (κ1) is 9.56. The molecule has 1 atom stereocenters. The predicted octanol–water partition coefficient (Wildman–Crippen LogP) is -0.706. The Morgan fingerprint density at radius 3 is 2.30 bits per heavy atom. The van der Waals surface area contributed by atoms with Gasteiger partial charge in [-0.1, -0.05) is 0 Å². The maximum Gasteiger partial charge on any atom is 0.472 e. The Balaban J connectivity index is 4.20. The van der Waals surface area contributed by atoms with Gasteiger partial charge in [0.05, 0.1) is 0 Å². The number of hydrogen-bond acceptors (Lipinski definition) is 4. The van der Waals surface area contributed by atoms with Crippen LogP contribution in [0.2, 0.25) is 0 Å². The van der Waals surface area contributed by atoms with Crippen LogP contribution < -0.4 is 5.73 Å². The van der Waals surface area contributed by atoms with E-state index < -0.39 is 13.5 Å². The molecule has 0 amide bonds. The van der Waals surface area contributed by atoms with Crippen LogP contribution in [0, 0.1) is 11.3 Å². The third-order valence-corrected chi connectivity index (χ3v) is 1.15. The average molecular weight is 166 g/mol. The van der Waals surface area contributed by atoms with Gasteiger partial charge in [0.25, 0.3) is 0 Å². The van der Waals surface area contributed by atoms with Gasteiger partial charge >= 0.3 is 7.82 Å². The fourth-order valence-corrected chi connectivity index (χ4v) is 0.802. The normalized spacial score (nSPS) is 17.5. The Bertz CT molecular complexity index is 201. The minimum absolute atomic E-state index is 1.05. The van der Waals surface area contributed by atoms with Gasteiger partial charge < -0.3 is 9.79 Å². The van der Waals surface area contributed by atoms with E-state index in [9.17, 15) is 4.57 Å². The van der Waals surface area contributed by atoms with Gasteiger partial charge in [-0.2, -0.15) is 5.26 Å². The minimum atomic E-state index is -4.65. The van der Waals surface area contributed by atoms with E-state index in [-0.39, 0.29) is 0 Å². The summed E-state index contributed by atoms with van der Waals surface area (Å²) in [6, 6.07) is 1.36. The molecule has 0 aromatic rings. The summed E-state index contributed by atoms with van der Waals surface area (Å²) >= 11 is 0. The Kier molecular flexibility index (Phi) is 2.54. The smallest absolute Gasteiger partial charge is 0.303 e. The molecule has 1 unspecified atom stereocenters. The molecule has 0 aliphatic heterocycles. The summed E-state index contributed by atoms with van der Waals surface area (Å²) in [5, 5.41) is 8.11. The molecule has 0 radical (unpaired) electrons. The zero-order valence-corrected chi connectivity index (χ0v) is 6.08. The molecule has 0 aliphatic carbocycles. The van der Waals surface area contributed by atoms with E-state index in [1.165, 1.54) is 6.07 Å². The van der Waals surface area contributed by atoms with E-state index >= 15 is 0 Å². The van der Waals surface area contributed by atoms with E-state index in [4.69, 9.17) is 20.8 Å². The van der Waals surface area contributed by atoms with Crippen LogP contribution in [0.25, 0.3) is 0 Å². The second kappa shape index (κ2) is 2.66. The van der Waals surface area contributed by atoms with E-state index in [1.54, 1.807) is 0 Å². The molecule has 7 heteroatoms. The van der Waals surface area contributed by atoms with Crippen LogP contribution >= 0.6 is 7.82 Å². The first-order valence-corrected chi connectivity index (χ1v) is 3.76. The highest BCUT2D eigenvalue weighted by Crippen LogP contribution is 2.39. The molecule has 0 saturated heterocycles. The zero-order chi connectivity index (χ0) is 8.41. The molecule has 0 spiro atoms. The molecule has 0 aliphatic rings. The number of nitriles is 1. The van der Waals surface area contributed by atoms with Crippen LogP contribution in [0.1, 0.15) is 6.92 Å². The van der Waals surface area contributed by atoms with Gasteiger partial charge in [0.15, 0.2) is 0 Å². The second-order valence-corrected chi connectivity index (χ2v) is 2.96. The zero-order valence-electron chi connectivity index (χ0n) is 5.18. The Morgan fingerprint density at radius 2 is 2.20 bits per heavy atom. The predicted molar refractivity (Wildman–Crippen MR) is 31.3 cm³/mol. The number of rotatable bonds is 2. The van der Waals surface area contributed by atoms with Gasteiger partial charge in [0, 0.05) is 0 Å². The van der Waals surface area contributed by atoms with Crippen molar-refractivity contribution in [3.63, 3.8) is 0 Å². The maximum absolute atomic E-state index is 10.0. The van der Waals surface area contributed by atoms with Crippen molar-refractivity contribution in [2.24, 2.45) is 5.73 Å². The number of phosphoric ester groups is 1. The lowest BCUT2D eigenvalue weighted by molar-refractivity contribution is 0.0998. The van der Waals surface area contributed by atoms with Crippen molar-refractivity contribution >= 4 is 7.82 Å². The largest absolute Gasteiger partial charge is 0.472 e. The first-order chi connectivity index (χ1) is 4.27. The van der Waals surface area contributed by atoms with Gasteiger partial charge in [-0.15, -0.1) is 0 Å². The van der Waals surface area contributed by atoms with Crippen molar-refractivity contribution in [2.45, 2.75) is 12.6 Å². The summed E-state index contributed by atoms with van der Waals surface area (Å²) in [6.07, 6.45) is 0. The SMILES string of the molecule is CC(N)(C#N)OP(=O)(O)O. The monoisotopic (exact) mass is 166 g/mol. The van der Waals surface area contributed by atoms with E-state index in [0.29, 0.717) is 0 Å². The highest BCUT2D eigenvalue weighted by atomic mass is 31.2. The number of nitrogens with two attached hydrogens (primary N) is 1. The molecule has 0 heterocycles. The maximum atomic E-state index is 10.0. The van der Waals surface area contributed by atoms with Gasteiger partial charge in [0.1, 0.15) is 6.07 Å². The van der Waals surface area contributed by atoms with Crippen LogP contribution in [0.15, 0.2) is 0 Å². The van der Waals surface area contributed by atoms with E-state index in [2.05, 4.69) is 4.52 Å². The lowest BCUT2D eigenvalue weighted by Crippen LogP contribution is -2.36. The van der Waals surface area contributed by atoms with Crippen molar-refractivity contribution in [3.8, 4) is 6.07 Å². The van der Waals surface area contributed by atoms with Gasteiger partial charge in [0.2, 0.25) is 5.72 Å². The summed E-state index contributed by atoms with van der Waals surface area (Å²) in [5.41, 5.74) is 3.00. The minimum Gasteiger partial charge on any atom is -0.303 e. The molecular formula is C3H7N2O4P. The Labute approximate surface area is 57.5 Å². The van der Waals surface area contributed by atoms with Gasteiger partial charge in [-0.05, 0) is 6.92 Å². The molecule has 0 fully saturated rings. The Morgan fingerprint density at radius 1 is 1.80 bits per heavy atom. The standard InChI is InChI=1S/C3H7N2O4P/c1-3(5,2-4)9-10(6,7)8/h5H2,1H3,(H2,6,7,8). The highest BCUT2D eigenvalue weighted by molar-refractivity contribution is 7.46. The summed E-state index contributed by atoms with van der Waals surface area (Å²) in [6.45, 7) is 1.05. The third-order valence-electron chi connectivity index (χ3n) is 0.531. The van der Waals surface area contributed by atoms with Crippen molar-refractivity contribution in [2.75, 3.05) is 0 Å². The lowest BCUT2D eigenvalue weighted by atomic mass is 10.3. The van der Waals surface area contributed by atoms with Gasteiger partial charge in [-0.25, -0.2) is 4.57 Å². The average Bonchev–Trinajstić information content (AvgIpc) is 1.60. The van der Waals surface area contributed by atoms with Crippen molar-refractivity contribution in [3.05, 3.63) is 0 Å². The van der Waals surface area contributed by atoms with E-state index in [1.807, 2.05) is 0 Å². The molecule has 0 aromatic heterocycles. The molecule has 10 heavy (non-hydrogen) atoms. The van der Waals surface area contributed by atoms with E-state index in [0.717, 1.165) is 6.92 Å². The molecule has 0 aromatic carbocycles. The van der Waals surface area contributed by atoms with Crippen LogP contribution in [0.3, 0.4) is 0 Å². The Hall–Kier alpha value is -0.440. The molecule has 0 rings (SSSR count). The molecule has 6 nitrogen and oxygen atoms in total. The molecule has 0 bridgehead atoms. The summed E-state index contributed by atoms with van der Waals surface area (Å²) < 4.78 is 13.9. The van der Waals surface area contributed by atoms with Gasteiger partial charge in [-0.3, -0.25) is 10.3 Å². The van der Waals surface area contributed by atoms with Crippen LogP contribution in [0.5, 0.6) is 0 Å².